The van der Waals surface area contributed by atoms with Gasteiger partial charge in [0.2, 0.25) is 0 Å². The van der Waals surface area contributed by atoms with Gasteiger partial charge in [-0.05, 0) is 48.2 Å². The van der Waals surface area contributed by atoms with E-state index in [0.29, 0.717) is 5.39 Å². The molecule has 8 nitrogen and oxygen atoms in total. The molecule has 0 amide bonds. The Labute approximate surface area is 201 Å². The number of methoxy groups -OCH3 is 1. The molecule has 36 heavy (non-hydrogen) atoms. The zero-order valence-corrected chi connectivity index (χ0v) is 19.2. The summed E-state index contributed by atoms with van der Waals surface area (Å²) in [4.78, 5) is 16.4. The van der Waals surface area contributed by atoms with E-state index in [9.17, 15) is 30.8 Å². The lowest BCUT2D eigenvalue weighted by Gasteiger charge is -2.16. The highest BCUT2D eigenvalue weighted by molar-refractivity contribution is 7.92. The van der Waals surface area contributed by atoms with Crippen LogP contribution in [0, 0.1) is 11.7 Å². The van der Waals surface area contributed by atoms with Gasteiger partial charge in [0, 0.05) is 17.5 Å². The van der Waals surface area contributed by atoms with Crippen LogP contribution in [0.15, 0.2) is 69.0 Å². The van der Waals surface area contributed by atoms with Crippen molar-refractivity contribution < 1.29 is 35.1 Å². The van der Waals surface area contributed by atoms with Crippen LogP contribution in [-0.2, 0) is 10.0 Å². The Morgan fingerprint density at radius 3 is 2.58 bits per heavy atom. The molecule has 0 radical (unpaired) electrons. The van der Waals surface area contributed by atoms with E-state index in [0.717, 1.165) is 16.7 Å². The number of fused-ring (bicyclic) bond motifs is 1. The molecule has 2 aromatic heterocycles. The molecule has 1 aliphatic carbocycles. The second-order valence-electron chi connectivity index (χ2n) is 8.21. The molecule has 2 aromatic carbocycles. The van der Waals surface area contributed by atoms with Gasteiger partial charge in [-0.15, -0.1) is 0 Å². The fraction of sp³-hybridized carbons (Fsp3) is 0.217. The number of aromatic nitrogens is 2. The maximum Gasteiger partial charge on any atom is 0.392 e. The van der Waals surface area contributed by atoms with Gasteiger partial charge in [0.05, 0.1) is 35.3 Å². The summed E-state index contributed by atoms with van der Waals surface area (Å²) in [5.74, 6) is -3.56. The minimum Gasteiger partial charge on any atom is -0.495 e. The van der Waals surface area contributed by atoms with E-state index in [4.69, 9.17) is 9.15 Å². The smallest absolute Gasteiger partial charge is 0.392 e. The van der Waals surface area contributed by atoms with Gasteiger partial charge < -0.3 is 9.15 Å². The second kappa shape index (κ2) is 8.36. The highest BCUT2D eigenvalue weighted by Gasteiger charge is 2.57. The maximum absolute atomic E-state index is 15.0. The molecular formula is C23H17F4N3O5S. The van der Waals surface area contributed by atoms with E-state index in [1.807, 2.05) is 0 Å². The largest absolute Gasteiger partial charge is 0.495 e. The van der Waals surface area contributed by atoms with Crippen molar-refractivity contribution in [1.82, 2.24) is 9.55 Å². The van der Waals surface area contributed by atoms with E-state index in [1.54, 1.807) is 0 Å². The van der Waals surface area contributed by atoms with Crippen LogP contribution >= 0.6 is 0 Å². The van der Waals surface area contributed by atoms with Gasteiger partial charge in [0.25, 0.3) is 15.6 Å². The van der Waals surface area contributed by atoms with Gasteiger partial charge >= 0.3 is 12.2 Å². The van der Waals surface area contributed by atoms with Crippen molar-refractivity contribution in [3.05, 3.63) is 76.7 Å². The zero-order valence-electron chi connectivity index (χ0n) is 18.4. The molecule has 1 fully saturated rings. The normalized spacial score (nSPS) is 17.8. The van der Waals surface area contributed by atoms with Crippen molar-refractivity contribution in [1.29, 1.82) is 0 Å². The molecule has 5 rings (SSSR count). The van der Waals surface area contributed by atoms with Crippen molar-refractivity contribution in [2.45, 2.75) is 23.4 Å². The van der Waals surface area contributed by atoms with Crippen LogP contribution in [0.5, 0.6) is 5.75 Å². The fourth-order valence-corrected chi connectivity index (χ4v) is 5.15. The van der Waals surface area contributed by atoms with Gasteiger partial charge in [-0.25, -0.2) is 22.5 Å². The number of ether oxygens (including phenoxy) is 1. The van der Waals surface area contributed by atoms with E-state index < -0.39 is 39.4 Å². The third kappa shape index (κ3) is 4.19. The van der Waals surface area contributed by atoms with Crippen LogP contribution < -0.4 is 15.0 Å². The van der Waals surface area contributed by atoms with Gasteiger partial charge in [-0.2, -0.15) is 13.2 Å². The number of nitrogens with one attached hydrogen (secondary N) is 1. The van der Waals surface area contributed by atoms with E-state index in [-0.39, 0.29) is 39.8 Å². The number of hydrogen-bond acceptors (Lipinski definition) is 6. The summed E-state index contributed by atoms with van der Waals surface area (Å²) in [5.41, 5.74) is -0.534. The molecule has 0 saturated heterocycles. The molecule has 188 valence electrons. The van der Waals surface area contributed by atoms with Gasteiger partial charge in [-0.1, -0.05) is 0 Å². The summed E-state index contributed by atoms with van der Waals surface area (Å²) in [7, 11) is -2.82. The van der Waals surface area contributed by atoms with Crippen LogP contribution in [0.4, 0.5) is 23.6 Å². The molecule has 1 saturated carbocycles. The first-order valence-electron chi connectivity index (χ1n) is 10.5. The van der Waals surface area contributed by atoms with Crippen molar-refractivity contribution in [3.63, 3.8) is 0 Å². The highest BCUT2D eigenvalue weighted by atomic mass is 32.2. The molecule has 2 heterocycles. The predicted molar refractivity (Wildman–Crippen MR) is 120 cm³/mol. The highest BCUT2D eigenvalue weighted by Crippen LogP contribution is 2.57. The average Bonchev–Trinajstić information content (AvgIpc) is 3.48. The van der Waals surface area contributed by atoms with Crippen molar-refractivity contribution in [2.75, 3.05) is 11.8 Å². The number of hydrogen-bond donors (Lipinski definition) is 1. The van der Waals surface area contributed by atoms with Crippen LogP contribution in [0.3, 0.4) is 0 Å². The number of sulfonamides is 1. The van der Waals surface area contributed by atoms with Gasteiger partial charge in [0.1, 0.15) is 17.8 Å². The van der Waals surface area contributed by atoms with Crippen molar-refractivity contribution >= 4 is 26.9 Å². The number of halogens is 4. The van der Waals surface area contributed by atoms with E-state index >= 15 is 0 Å². The Kier molecular flexibility index (Phi) is 5.54. The van der Waals surface area contributed by atoms with E-state index in [2.05, 4.69) is 9.71 Å². The molecule has 2 atom stereocenters. The molecule has 0 unspecified atom stereocenters. The number of alkyl halides is 3. The Balaban J connectivity index is 1.59. The lowest BCUT2D eigenvalue weighted by molar-refractivity contribution is -0.148. The number of pyridine rings is 1. The Morgan fingerprint density at radius 2 is 1.94 bits per heavy atom. The number of benzene rings is 2. The van der Waals surface area contributed by atoms with Crippen LogP contribution in [0.1, 0.15) is 17.9 Å². The molecule has 0 spiro atoms. The summed E-state index contributed by atoms with van der Waals surface area (Å²) in [6.45, 7) is 0. The molecule has 0 bridgehead atoms. The third-order valence-electron chi connectivity index (χ3n) is 5.98. The number of anilines is 1. The number of nitrogens with zero attached hydrogens (tertiary/aromatic N) is 2. The number of oxazole rings is 1. The first-order valence-corrected chi connectivity index (χ1v) is 12.0. The standard InChI is InChI=1S/C23H17F4N3O5S/c1-34-20-10-15(14-9-16(14)23(25,26)27)17(24)11-19(20)30-18-4-3-13(8-12(18)2-5-21(30)31)36(32,33)29-22-28-6-7-35-22/h2-8,10-11,14,16H,9H2,1H3,(H,28,29)/t14-,16+/m1/s1. The summed E-state index contributed by atoms with van der Waals surface area (Å²) in [5, 5.41) is 0.316. The zero-order chi connectivity index (χ0) is 25.8. The SMILES string of the molecule is COc1cc([C@H]2C[C@@H]2C(F)(F)F)c(F)cc1-n1c(=O)ccc2cc(S(=O)(=O)Nc3ncco3)ccc21. The summed E-state index contributed by atoms with van der Waals surface area (Å²) >= 11 is 0. The molecule has 1 N–H and O–H groups in total. The maximum atomic E-state index is 15.0. The van der Waals surface area contributed by atoms with Gasteiger partial charge in [0.15, 0.2) is 0 Å². The lowest BCUT2D eigenvalue weighted by atomic mass is 10.1. The topological polar surface area (TPSA) is 103 Å². The molecule has 13 heteroatoms. The predicted octanol–water partition coefficient (Wildman–Crippen LogP) is 4.59. The average molecular weight is 523 g/mol. The van der Waals surface area contributed by atoms with Crippen LogP contribution in [0.2, 0.25) is 0 Å². The minimum atomic E-state index is -4.44. The van der Waals surface area contributed by atoms with E-state index in [1.165, 1.54) is 49.9 Å². The van der Waals surface area contributed by atoms with Crippen LogP contribution in [0.25, 0.3) is 16.6 Å². The molecule has 4 aromatic rings. The lowest BCUT2D eigenvalue weighted by Crippen LogP contribution is -2.19. The van der Waals surface area contributed by atoms with Crippen LogP contribution in [-0.4, -0.2) is 31.3 Å². The number of rotatable bonds is 6. The minimum absolute atomic E-state index is 0.00363. The molecule has 0 aliphatic heterocycles. The summed E-state index contributed by atoms with van der Waals surface area (Å²) < 4.78 is 92.9. The quantitative estimate of drug-likeness (QED) is 0.371. The Bertz CT molecular complexity index is 1630. The third-order valence-corrected chi connectivity index (χ3v) is 7.30. The molecular weight excluding hydrogens is 506 g/mol. The van der Waals surface area contributed by atoms with Crippen molar-refractivity contribution in [2.24, 2.45) is 5.92 Å². The monoisotopic (exact) mass is 523 g/mol. The first-order chi connectivity index (χ1) is 17.0. The van der Waals surface area contributed by atoms with Crippen molar-refractivity contribution in [3.8, 4) is 11.4 Å². The summed E-state index contributed by atoms with van der Waals surface area (Å²) in [6.07, 6.45) is -2.20. The second-order valence-corrected chi connectivity index (χ2v) is 9.89. The summed E-state index contributed by atoms with van der Waals surface area (Å²) in [6, 6.07) is 8.34. The first kappa shape index (κ1) is 23.9. The fourth-order valence-electron chi connectivity index (χ4n) is 4.17. The Morgan fingerprint density at radius 1 is 1.17 bits per heavy atom. The Hall–Kier alpha value is -3.87. The molecule has 1 aliphatic rings. The van der Waals surface area contributed by atoms with Gasteiger partial charge in [-0.3, -0.25) is 9.36 Å².